The van der Waals surface area contributed by atoms with Crippen molar-refractivity contribution in [1.82, 2.24) is 20.4 Å². The summed E-state index contributed by atoms with van der Waals surface area (Å²) < 4.78 is 21.2. The molecule has 1 aliphatic heterocycles. The molecule has 4 rings (SSSR count). The fraction of sp³-hybridized carbons (Fsp3) is 0.351. The minimum absolute atomic E-state index is 0.0518. The van der Waals surface area contributed by atoms with Crippen molar-refractivity contribution in [2.75, 3.05) is 20.2 Å². The van der Waals surface area contributed by atoms with Crippen molar-refractivity contribution < 1.29 is 42.9 Å². The number of nitrogens with one attached hydrogen (secondary N) is 3. The Morgan fingerprint density at radius 1 is 0.824 bits per heavy atom. The zero-order valence-corrected chi connectivity index (χ0v) is 28.7. The first kappa shape index (κ1) is 37.9. The van der Waals surface area contributed by atoms with E-state index in [1.807, 2.05) is 25.1 Å². The molecule has 3 aromatic rings. The number of rotatable bonds is 14. The Labute approximate surface area is 296 Å². The summed E-state index contributed by atoms with van der Waals surface area (Å²) in [7, 11) is 1.24. The van der Waals surface area contributed by atoms with Gasteiger partial charge in [0, 0.05) is 13.1 Å². The van der Waals surface area contributed by atoms with Gasteiger partial charge in [-0.05, 0) is 36.0 Å². The van der Waals surface area contributed by atoms with Crippen molar-refractivity contribution in [2.45, 2.75) is 64.0 Å². The normalized spacial score (nSPS) is 15.6. The van der Waals surface area contributed by atoms with Crippen LogP contribution in [-0.2, 0) is 48.4 Å². The smallest absolute Gasteiger partial charge is 0.416 e. The van der Waals surface area contributed by atoms with E-state index in [2.05, 4.69) is 10.6 Å². The summed E-state index contributed by atoms with van der Waals surface area (Å²) in [6.45, 7) is 1.31. The SMILES string of the molecule is CCC[C@@H](C(=O)OC)N1CC[C@@](CCN(C(=N)NC(=O)OCc2ccccc2)C(=O)OCc2ccccc2)(NC(=O)OCc2ccccc2)C1=O. The Bertz CT molecular complexity index is 1640. The molecule has 0 aromatic heterocycles. The number of carbonyl (C=O) groups excluding carboxylic acids is 5. The molecule has 14 nitrogen and oxygen atoms in total. The Morgan fingerprint density at radius 3 is 1.84 bits per heavy atom. The lowest BCUT2D eigenvalue weighted by Gasteiger charge is -2.33. The van der Waals surface area contributed by atoms with Crippen molar-refractivity contribution in [2.24, 2.45) is 0 Å². The van der Waals surface area contributed by atoms with Crippen LogP contribution in [0.2, 0.25) is 0 Å². The van der Waals surface area contributed by atoms with Gasteiger partial charge in [-0.3, -0.25) is 15.5 Å². The van der Waals surface area contributed by atoms with Crippen LogP contribution >= 0.6 is 0 Å². The molecule has 4 amide bonds. The van der Waals surface area contributed by atoms with E-state index < -0.39 is 47.7 Å². The van der Waals surface area contributed by atoms with E-state index in [4.69, 9.17) is 24.4 Å². The maximum Gasteiger partial charge on any atom is 0.416 e. The lowest BCUT2D eigenvalue weighted by molar-refractivity contribution is -0.152. The topological polar surface area (TPSA) is 177 Å². The lowest BCUT2D eigenvalue weighted by atomic mass is 9.93. The van der Waals surface area contributed by atoms with Crippen LogP contribution in [0.15, 0.2) is 91.0 Å². The predicted octanol–water partition coefficient (Wildman–Crippen LogP) is 5.12. The van der Waals surface area contributed by atoms with Crippen molar-refractivity contribution in [3.05, 3.63) is 108 Å². The zero-order chi connectivity index (χ0) is 36.6. The number of alkyl carbamates (subject to hydrolysis) is 2. The number of carbonyl (C=O) groups is 5. The van der Waals surface area contributed by atoms with E-state index in [0.717, 1.165) is 10.5 Å². The summed E-state index contributed by atoms with van der Waals surface area (Å²) in [6.07, 6.45) is -2.16. The summed E-state index contributed by atoms with van der Waals surface area (Å²) in [5.41, 5.74) is 0.460. The Morgan fingerprint density at radius 2 is 1.33 bits per heavy atom. The number of nitrogens with zero attached hydrogens (tertiary/aromatic N) is 2. The Kier molecular flexibility index (Phi) is 13.9. The molecule has 1 fully saturated rings. The van der Waals surface area contributed by atoms with Crippen molar-refractivity contribution in [3.8, 4) is 0 Å². The number of likely N-dealkylation sites (tertiary alicyclic amines) is 1. The molecule has 270 valence electrons. The molecule has 0 saturated carbocycles. The second-order valence-corrected chi connectivity index (χ2v) is 11.8. The molecular formula is C37H43N5O9. The summed E-state index contributed by atoms with van der Waals surface area (Å²) in [5, 5.41) is 13.6. The summed E-state index contributed by atoms with van der Waals surface area (Å²) >= 11 is 0. The monoisotopic (exact) mass is 701 g/mol. The van der Waals surface area contributed by atoms with Gasteiger partial charge in [0.15, 0.2) is 0 Å². The van der Waals surface area contributed by atoms with E-state index >= 15 is 0 Å². The van der Waals surface area contributed by atoms with Gasteiger partial charge in [-0.1, -0.05) is 104 Å². The third-order valence-electron chi connectivity index (χ3n) is 8.31. The molecule has 51 heavy (non-hydrogen) atoms. The van der Waals surface area contributed by atoms with Gasteiger partial charge in [-0.25, -0.2) is 24.1 Å². The van der Waals surface area contributed by atoms with Crippen LogP contribution in [0.3, 0.4) is 0 Å². The molecule has 0 radical (unpaired) electrons. The molecule has 2 atom stereocenters. The first-order valence-electron chi connectivity index (χ1n) is 16.6. The molecule has 0 unspecified atom stereocenters. The van der Waals surface area contributed by atoms with Gasteiger partial charge < -0.3 is 29.2 Å². The number of hydrogen-bond acceptors (Lipinski definition) is 10. The van der Waals surface area contributed by atoms with Gasteiger partial charge in [0.25, 0.3) is 0 Å². The van der Waals surface area contributed by atoms with Gasteiger partial charge in [0.2, 0.25) is 11.9 Å². The molecule has 14 heteroatoms. The summed E-state index contributed by atoms with van der Waals surface area (Å²) in [6, 6.07) is 25.8. The highest BCUT2D eigenvalue weighted by molar-refractivity contribution is 6.00. The number of ether oxygens (including phenoxy) is 4. The molecule has 1 saturated heterocycles. The standard InChI is InChI=1S/C37H43N5O9/c1-3-13-30(31(43)48-2)41-22-20-37(32(41)44,40-35(46)50-25-28-16-9-5-10-17-28)21-23-42(36(47)51-26-29-18-11-6-12-19-29)33(38)39-34(45)49-24-27-14-7-4-8-15-27/h4-12,14-19,30H,3,13,20-26H2,1-2H3,(H,40,46)(H2,38,39,45)/t30-,37-/m0/s1. The van der Waals surface area contributed by atoms with Crippen LogP contribution in [0.1, 0.15) is 49.3 Å². The molecule has 0 aliphatic carbocycles. The van der Waals surface area contributed by atoms with Crippen LogP contribution in [0.5, 0.6) is 0 Å². The van der Waals surface area contributed by atoms with Crippen molar-refractivity contribution >= 4 is 36.1 Å². The summed E-state index contributed by atoms with van der Waals surface area (Å²) in [5.74, 6) is -1.85. The Balaban J connectivity index is 1.55. The number of benzene rings is 3. The second kappa shape index (κ2) is 18.7. The van der Waals surface area contributed by atoms with E-state index in [1.54, 1.807) is 72.8 Å². The molecule has 3 N–H and O–H groups in total. The fourth-order valence-corrected chi connectivity index (χ4v) is 5.59. The van der Waals surface area contributed by atoms with Gasteiger partial charge in [-0.2, -0.15) is 0 Å². The number of amides is 4. The van der Waals surface area contributed by atoms with Gasteiger partial charge in [0.05, 0.1) is 7.11 Å². The first-order valence-corrected chi connectivity index (χ1v) is 16.6. The van der Waals surface area contributed by atoms with E-state index in [0.29, 0.717) is 24.0 Å². The third-order valence-corrected chi connectivity index (χ3v) is 8.31. The third kappa shape index (κ3) is 10.8. The highest BCUT2D eigenvalue weighted by atomic mass is 16.6. The van der Waals surface area contributed by atoms with E-state index in [9.17, 15) is 24.0 Å². The zero-order valence-electron chi connectivity index (χ0n) is 28.7. The highest BCUT2D eigenvalue weighted by Gasteiger charge is 2.51. The van der Waals surface area contributed by atoms with Crippen LogP contribution in [0, 0.1) is 5.41 Å². The first-order chi connectivity index (χ1) is 24.7. The van der Waals surface area contributed by atoms with E-state index in [-0.39, 0.29) is 45.8 Å². The minimum atomic E-state index is -1.65. The highest BCUT2D eigenvalue weighted by Crippen LogP contribution is 2.31. The van der Waals surface area contributed by atoms with Crippen molar-refractivity contribution in [3.63, 3.8) is 0 Å². The average Bonchev–Trinajstić information content (AvgIpc) is 3.46. The largest absolute Gasteiger partial charge is 0.467 e. The number of methoxy groups -OCH3 is 1. The van der Waals surface area contributed by atoms with Gasteiger partial charge in [0.1, 0.15) is 31.4 Å². The maximum absolute atomic E-state index is 14.2. The number of hydrogen-bond donors (Lipinski definition) is 3. The molecule has 1 aliphatic rings. The molecule has 1 heterocycles. The average molecular weight is 702 g/mol. The van der Waals surface area contributed by atoms with Crippen LogP contribution in [0.4, 0.5) is 14.4 Å². The van der Waals surface area contributed by atoms with Gasteiger partial charge >= 0.3 is 24.2 Å². The van der Waals surface area contributed by atoms with Crippen LogP contribution in [0.25, 0.3) is 0 Å². The quantitative estimate of drug-likeness (QED) is 0.0892. The second-order valence-electron chi connectivity index (χ2n) is 11.8. The fourth-order valence-electron chi connectivity index (χ4n) is 5.59. The predicted molar refractivity (Wildman–Crippen MR) is 185 cm³/mol. The lowest BCUT2D eigenvalue weighted by Crippen LogP contribution is -2.58. The molecule has 0 bridgehead atoms. The van der Waals surface area contributed by atoms with Crippen LogP contribution in [-0.4, -0.2) is 77.7 Å². The van der Waals surface area contributed by atoms with Crippen molar-refractivity contribution in [1.29, 1.82) is 5.41 Å². The summed E-state index contributed by atoms with van der Waals surface area (Å²) in [4.78, 5) is 68.5. The van der Waals surface area contributed by atoms with E-state index in [1.165, 1.54) is 12.0 Å². The maximum atomic E-state index is 14.2. The number of esters is 1. The molecule has 3 aromatic carbocycles. The van der Waals surface area contributed by atoms with Crippen LogP contribution < -0.4 is 10.6 Å². The number of guanidine groups is 1. The molecule has 0 spiro atoms. The van der Waals surface area contributed by atoms with Gasteiger partial charge in [-0.15, -0.1) is 0 Å². The Hall–Kier alpha value is -5.92. The minimum Gasteiger partial charge on any atom is -0.467 e. The molecular weight excluding hydrogens is 658 g/mol.